The smallest absolute Gasteiger partial charge is 0.259 e. The van der Waals surface area contributed by atoms with E-state index in [1.54, 1.807) is 6.07 Å². The third-order valence-electron chi connectivity index (χ3n) is 4.60. The lowest BCUT2D eigenvalue weighted by Gasteiger charge is -2.29. The Balaban J connectivity index is 1.65. The van der Waals surface area contributed by atoms with Gasteiger partial charge >= 0.3 is 0 Å². The molecule has 0 saturated carbocycles. The van der Waals surface area contributed by atoms with Crippen LogP contribution in [0.25, 0.3) is 0 Å². The van der Waals surface area contributed by atoms with Gasteiger partial charge in [0, 0.05) is 24.5 Å². The number of rotatable bonds is 4. The standard InChI is InChI=1S/C20H25N5OS/c21-17-10-9-15(25-11-5-2-6-12-25)13-16(17)19(26)24-20(23)27-18(22)14-7-3-1-4-8-14/h1,3-4,7-10,13,18H,2,5-6,11-12,21-22H2,(H2,23,24,26). The number of nitrogens with two attached hydrogens (primary N) is 2. The van der Waals surface area contributed by atoms with Crippen molar-refractivity contribution in [2.24, 2.45) is 5.73 Å². The number of hydrogen-bond donors (Lipinski definition) is 4. The zero-order valence-electron chi connectivity index (χ0n) is 15.2. The Morgan fingerprint density at radius 1 is 1.11 bits per heavy atom. The second-order valence-corrected chi connectivity index (χ2v) is 7.70. The molecule has 0 aliphatic carbocycles. The van der Waals surface area contributed by atoms with Crippen LogP contribution in [0.2, 0.25) is 0 Å². The van der Waals surface area contributed by atoms with Crippen molar-refractivity contribution in [3.63, 3.8) is 0 Å². The number of anilines is 2. The number of nitrogens with one attached hydrogen (secondary N) is 2. The van der Waals surface area contributed by atoms with Crippen LogP contribution in [-0.4, -0.2) is 24.2 Å². The number of piperidine rings is 1. The molecule has 7 heteroatoms. The van der Waals surface area contributed by atoms with Crippen LogP contribution in [0, 0.1) is 5.41 Å². The van der Waals surface area contributed by atoms with Crippen LogP contribution >= 0.6 is 11.8 Å². The van der Waals surface area contributed by atoms with Crippen LogP contribution in [0.15, 0.2) is 48.5 Å². The van der Waals surface area contributed by atoms with Crippen LogP contribution < -0.4 is 21.7 Å². The molecule has 1 saturated heterocycles. The summed E-state index contributed by atoms with van der Waals surface area (Å²) in [5, 5.41) is 10.2. The van der Waals surface area contributed by atoms with Gasteiger partial charge in [0.1, 0.15) is 0 Å². The number of nitrogen functional groups attached to an aromatic ring is 1. The molecule has 142 valence electrons. The minimum Gasteiger partial charge on any atom is -0.398 e. The third-order valence-corrected chi connectivity index (χ3v) is 5.47. The highest BCUT2D eigenvalue weighted by atomic mass is 32.2. The Hall–Kier alpha value is -2.51. The van der Waals surface area contributed by atoms with Gasteiger partial charge in [-0.05, 0) is 43.0 Å². The molecule has 3 rings (SSSR count). The van der Waals surface area contributed by atoms with Crippen molar-refractivity contribution >= 4 is 34.2 Å². The molecule has 0 radical (unpaired) electrons. The molecule has 0 bridgehead atoms. The predicted molar refractivity (Wildman–Crippen MR) is 113 cm³/mol. The summed E-state index contributed by atoms with van der Waals surface area (Å²) in [6.07, 6.45) is 3.56. The van der Waals surface area contributed by atoms with Gasteiger partial charge in [0.15, 0.2) is 5.17 Å². The number of hydrogen-bond acceptors (Lipinski definition) is 6. The van der Waals surface area contributed by atoms with Gasteiger partial charge in [-0.1, -0.05) is 42.1 Å². The van der Waals surface area contributed by atoms with E-state index in [0.29, 0.717) is 11.3 Å². The second kappa shape index (κ2) is 8.92. The summed E-state index contributed by atoms with van der Waals surface area (Å²) >= 11 is 1.09. The number of benzene rings is 2. The number of carbonyl (C=O) groups excluding carboxylic acids is 1. The van der Waals surface area contributed by atoms with Crippen LogP contribution in [0.5, 0.6) is 0 Å². The van der Waals surface area contributed by atoms with Gasteiger partial charge < -0.3 is 21.7 Å². The molecule has 1 fully saturated rings. The lowest BCUT2D eigenvalue weighted by molar-refractivity contribution is 0.0978. The first-order valence-electron chi connectivity index (χ1n) is 9.06. The van der Waals surface area contributed by atoms with E-state index in [1.165, 1.54) is 6.42 Å². The number of amides is 1. The maximum atomic E-state index is 12.6. The summed E-state index contributed by atoms with van der Waals surface area (Å²) in [6, 6.07) is 15.0. The Kier molecular flexibility index (Phi) is 6.36. The molecular formula is C20H25N5OS. The monoisotopic (exact) mass is 383 g/mol. The summed E-state index contributed by atoms with van der Waals surface area (Å²) in [5.74, 6) is -0.385. The summed E-state index contributed by atoms with van der Waals surface area (Å²) in [6.45, 7) is 1.98. The lowest BCUT2D eigenvalue weighted by Crippen LogP contribution is -2.31. The number of nitrogens with zero attached hydrogens (tertiary/aromatic N) is 1. The maximum absolute atomic E-state index is 12.6. The quantitative estimate of drug-likeness (QED) is 0.280. The molecule has 6 N–H and O–H groups in total. The fourth-order valence-electron chi connectivity index (χ4n) is 3.13. The van der Waals surface area contributed by atoms with Gasteiger partial charge in [0.2, 0.25) is 0 Å². The normalized spacial score (nSPS) is 15.2. The van der Waals surface area contributed by atoms with E-state index in [9.17, 15) is 4.79 Å². The van der Waals surface area contributed by atoms with E-state index < -0.39 is 5.37 Å². The van der Waals surface area contributed by atoms with Crippen LogP contribution in [0.3, 0.4) is 0 Å². The fraction of sp³-hybridized carbons (Fsp3) is 0.300. The molecule has 1 unspecified atom stereocenters. The Bertz CT molecular complexity index is 805. The van der Waals surface area contributed by atoms with Gasteiger partial charge in [0.25, 0.3) is 5.91 Å². The third kappa shape index (κ3) is 5.02. The molecule has 1 aliphatic heterocycles. The second-order valence-electron chi connectivity index (χ2n) is 6.55. The summed E-state index contributed by atoms with van der Waals surface area (Å²) in [5.41, 5.74) is 14.8. The van der Waals surface area contributed by atoms with Gasteiger partial charge in [-0.2, -0.15) is 0 Å². The van der Waals surface area contributed by atoms with Crippen molar-refractivity contribution in [3.05, 3.63) is 59.7 Å². The van der Waals surface area contributed by atoms with E-state index in [2.05, 4.69) is 10.2 Å². The first-order chi connectivity index (χ1) is 13.0. The predicted octanol–water partition coefficient (Wildman–Crippen LogP) is 3.31. The summed E-state index contributed by atoms with van der Waals surface area (Å²) in [4.78, 5) is 14.9. The highest BCUT2D eigenvalue weighted by molar-refractivity contribution is 8.13. The molecule has 1 aliphatic rings. The van der Waals surface area contributed by atoms with Gasteiger partial charge in [-0.3, -0.25) is 10.2 Å². The van der Waals surface area contributed by atoms with E-state index >= 15 is 0 Å². The van der Waals surface area contributed by atoms with Crippen LogP contribution in [-0.2, 0) is 0 Å². The molecule has 1 atom stereocenters. The Morgan fingerprint density at radius 2 is 1.81 bits per heavy atom. The molecule has 1 heterocycles. The summed E-state index contributed by atoms with van der Waals surface area (Å²) in [7, 11) is 0. The minimum absolute atomic E-state index is 0.000807. The molecule has 0 aromatic heterocycles. The first kappa shape index (κ1) is 19.3. The molecule has 27 heavy (non-hydrogen) atoms. The fourth-order valence-corrected chi connectivity index (χ4v) is 3.83. The lowest BCUT2D eigenvalue weighted by atomic mass is 10.1. The van der Waals surface area contributed by atoms with Crippen molar-refractivity contribution < 1.29 is 4.79 Å². The van der Waals surface area contributed by atoms with Crippen molar-refractivity contribution in [3.8, 4) is 0 Å². The largest absolute Gasteiger partial charge is 0.398 e. The van der Waals surface area contributed by atoms with Gasteiger partial charge in [-0.25, -0.2) is 0 Å². The Morgan fingerprint density at radius 3 is 2.52 bits per heavy atom. The van der Waals surface area contributed by atoms with E-state index in [0.717, 1.165) is 48.9 Å². The Labute approximate surface area is 163 Å². The summed E-state index contributed by atoms with van der Waals surface area (Å²) < 4.78 is 0. The average molecular weight is 384 g/mol. The van der Waals surface area contributed by atoms with Crippen molar-refractivity contribution in [2.45, 2.75) is 24.6 Å². The van der Waals surface area contributed by atoms with E-state index in [4.69, 9.17) is 16.9 Å². The van der Waals surface area contributed by atoms with Crippen LogP contribution in [0.1, 0.15) is 40.6 Å². The maximum Gasteiger partial charge on any atom is 0.259 e. The molecular weight excluding hydrogens is 358 g/mol. The molecule has 2 aromatic rings. The topological polar surface area (TPSA) is 108 Å². The highest BCUT2D eigenvalue weighted by Gasteiger charge is 2.18. The van der Waals surface area contributed by atoms with E-state index in [-0.39, 0.29) is 11.1 Å². The average Bonchev–Trinajstić information content (AvgIpc) is 2.69. The van der Waals surface area contributed by atoms with Crippen molar-refractivity contribution in [1.82, 2.24) is 5.32 Å². The minimum atomic E-state index is -0.420. The van der Waals surface area contributed by atoms with Crippen LogP contribution in [0.4, 0.5) is 11.4 Å². The van der Waals surface area contributed by atoms with Gasteiger partial charge in [0.05, 0.1) is 10.9 Å². The first-order valence-corrected chi connectivity index (χ1v) is 9.94. The molecule has 1 amide bonds. The zero-order valence-corrected chi connectivity index (χ0v) is 16.0. The van der Waals surface area contributed by atoms with Crippen molar-refractivity contribution in [2.75, 3.05) is 23.7 Å². The van der Waals surface area contributed by atoms with E-state index in [1.807, 2.05) is 42.5 Å². The number of carbonyl (C=O) groups is 1. The molecule has 2 aromatic carbocycles. The highest BCUT2D eigenvalue weighted by Crippen LogP contribution is 2.26. The zero-order chi connectivity index (χ0) is 19.2. The number of thioether (sulfide) groups is 1. The van der Waals surface area contributed by atoms with Crippen molar-refractivity contribution in [1.29, 1.82) is 5.41 Å². The van der Waals surface area contributed by atoms with Gasteiger partial charge in [-0.15, -0.1) is 0 Å². The molecule has 0 spiro atoms. The number of amidine groups is 1. The molecule has 6 nitrogen and oxygen atoms in total. The SMILES string of the molecule is N=C(NC(=O)c1cc(N2CCCCC2)ccc1N)SC(N)c1ccccc1.